The number of alkyl halides is 12. The summed E-state index contributed by atoms with van der Waals surface area (Å²) >= 11 is 0. The minimum Gasteiger partial charge on any atom is -0.455 e. The molecule has 0 aliphatic rings. The van der Waals surface area contributed by atoms with Crippen LogP contribution in [0.4, 0.5) is 52.7 Å². The van der Waals surface area contributed by atoms with Gasteiger partial charge in [-0.25, -0.2) is 0 Å². The first-order chi connectivity index (χ1) is 24.1. The van der Waals surface area contributed by atoms with Gasteiger partial charge in [0.15, 0.2) is 0 Å². The Morgan fingerprint density at radius 3 is 1.38 bits per heavy atom. The second-order valence-corrected chi connectivity index (χ2v) is 11.7. The molecular formula is C35H15F12NO4. The average Bonchev–Trinajstić information content (AvgIpc) is 3.06. The lowest BCUT2D eigenvalue weighted by Gasteiger charge is -2.21. The normalized spacial score (nSPS) is 13.2. The molecule has 0 saturated heterocycles. The summed E-state index contributed by atoms with van der Waals surface area (Å²) in [6, 6.07) is 8.45. The van der Waals surface area contributed by atoms with Gasteiger partial charge in [-0.15, -0.1) is 4.73 Å². The molecule has 2 heterocycles. The van der Waals surface area contributed by atoms with E-state index in [9.17, 15) is 62.3 Å². The van der Waals surface area contributed by atoms with Gasteiger partial charge in [0.05, 0.1) is 33.0 Å². The van der Waals surface area contributed by atoms with E-state index in [1.54, 1.807) is 0 Å². The lowest BCUT2D eigenvalue weighted by atomic mass is 9.86. The molecular weight excluding hydrogens is 726 g/mol. The van der Waals surface area contributed by atoms with Crippen LogP contribution >= 0.6 is 0 Å². The van der Waals surface area contributed by atoms with Crippen LogP contribution in [-0.4, -0.2) is 11.8 Å². The molecule has 0 amide bonds. The summed E-state index contributed by atoms with van der Waals surface area (Å²) in [5, 5.41) is -1.88. The van der Waals surface area contributed by atoms with Crippen LogP contribution in [0.3, 0.4) is 0 Å². The highest BCUT2D eigenvalue weighted by molar-refractivity contribution is 6.32. The van der Waals surface area contributed by atoms with E-state index < -0.39 is 96.7 Å². The van der Waals surface area contributed by atoms with E-state index in [1.807, 2.05) is 0 Å². The van der Waals surface area contributed by atoms with Crippen molar-refractivity contribution in [3.63, 3.8) is 0 Å². The zero-order chi connectivity index (χ0) is 37.9. The number of aromatic nitrogens is 1. The highest BCUT2D eigenvalue weighted by Gasteiger charge is 2.39. The van der Waals surface area contributed by atoms with Gasteiger partial charge in [0, 0.05) is 27.1 Å². The van der Waals surface area contributed by atoms with Crippen molar-refractivity contribution in [2.24, 2.45) is 0 Å². The van der Waals surface area contributed by atoms with E-state index in [0.29, 0.717) is 24.3 Å². The van der Waals surface area contributed by atoms with Gasteiger partial charge in [-0.1, -0.05) is 18.2 Å². The monoisotopic (exact) mass is 741 g/mol. The van der Waals surface area contributed by atoms with Crippen molar-refractivity contribution in [2.75, 3.05) is 7.11 Å². The molecule has 0 unspecified atom stereocenters. The third-order valence-electron chi connectivity index (χ3n) is 8.54. The highest BCUT2D eigenvalue weighted by Crippen LogP contribution is 2.48. The van der Waals surface area contributed by atoms with E-state index in [2.05, 4.69) is 0 Å². The van der Waals surface area contributed by atoms with Crippen molar-refractivity contribution in [1.82, 2.24) is 4.73 Å². The SMILES string of the molecule is COn1c(=O)c2cc(-c3cc(C(F)(F)F)cc(C(F)(F)F)c3)c3oc4ccccc4c4c(-c5cc(C(F)(F)F)cc(C(F)(F)F)c5)cc(c1=O)c2c34. The Morgan fingerprint density at radius 2 is 0.942 bits per heavy atom. The first-order valence-electron chi connectivity index (χ1n) is 14.6. The van der Waals surface area contributed by atoms with Gasteiger partial charge in [0.1, 0.15) is 18.3 Å². The second-order valence-electron chi connectivity index (χ2n) is 11.7. The summed E-state index contributed by atoms with van der Waals surface area (Å²) in [5.74, 6) is 0. The Morgan fingerprint density at radius 1 is 0.519 bits per heavy atom. The van der Waals surface area contributed by atoms with Gasteiger partial charge >= 0.3 is 24.7 Å². The summed E-state index contributed by atoms with van der Waals surface area (Å²) in [7, 11) is 0.871. The van der Waals surface area contributed by atoms with Crippen LogP contribution in [0.2, 0.25) is 0 Å². The quantitative estimate of drug-likeness (QED) is 0.103. The van der Waals surface area contributed by atoms with Crippen molar-refractivity contribution in [3.05, 3.63) is 116 Å². The lowest BCUT2D eigenvalue weighted by molar-refractivity contribution is -0.144. The van der Waals surface area contributed by atoms with E-state index in [-0.39, 0.29) is 44.0 Å². The van der Waals surface area contributed by atoms with Crippen LogP contribution in [0.1, 0.15) is 22.3 Å². The summed E-state index contributed by atoms with van der Waals surface area (Å²) in [6.07, 6.45) is -21.2. The maximum absolute atomic E-state index is 14.0. The number of hydrogen-bond donors (Lipinski definition) is 0. The minimum absolute atomic E-state index is 0.000266. The number of nitrogens with zero attached hydrogens (tertiary/aromatic N) is 1. The number of rotatable bonds is 3. The fourth-order valence-corrected chi connectivity index (χ4v) is 6.34. The van der Waals surface area contributed by atoms with Crippen LogP contribution in [0, 0.1) is 0 Å². The lowest BCUT2D eigenvalue weighted by Crippen LogP contribution is -2.37. The second kappa shape index (κ2) is 11.1. The number of fused-ring (bicyclic) bond motifs is 2. The minimum atomic E-state index is -5.31. The van der Waals surface area contributed by atoms with Crippen LogP contribution in [-0.2, 0) is 24.7 Å². The molecule has 0 spiro atoms. The molecule has 0 aliphatic heterocycles. The molecule has 0 bridgehead atoms. The molecule has 0 radical (unpaired) electrons. The van der Waals surface area contributed by atoms with Gasteiger partial charge in [-0.2, -0.15) is 52.7 Å². The molecule has 5 aromatic carbocycles. The summed E-state index contributed by atoms with van der Waals surface area (Å²) in [6.45, 7) is 0. The van der Waals surface area contributed by atoms with E-state index >= 15 is 0 Å². The number of halogens is 12. The zero-order valence-electron chi connectivity index (χ0n) is 25.5. The third kappa shape index (κ3) is 5.45. The molecule has 0 N–H and O–H groups in total. The van der Waals surface area contributed by atoms with Crippen molar-refractivity contribution < 1.29 is 61.9 Å². The Kier molecular flexibility index (Phi) is 7.43. The smallest absolute Gasteiger partial charge is 0.416 e. The zero-order valence-corrected chi connectivity index (χ0v) is 25.5. The topological polar surface area (TPSA) is 61.4 Å². The Balaban J connectivity index is 1.78. The number of benzene rings is 5. The first-order valence-corrected chi connectivity index (χ1v) is 14.6. The van der Waals surface area contributed by atoms with Gasteiger partial charge in [0.2, 0.25) is 0 Å². The molecule has 0 aliphatic carbocycles. The van der Waals surface area contributed by atoms with Crippen molar-refractivity contribution in [3.8, 4) is 22.3 Å². The Hall–Kier alpha value is -5.74. The molecule has 0 atom stereocenters. The maximum Gasteiger partial charge on any atom is 0.416 e. The maximum atomic E-state index is 14.0. The highest BCUT2D eigenvalue weighted by atomic mass is 19.4. The van der Waals surface area contributed by atoms with Gasteiger partial charge < -0.3 is 9.25 Å². The Bertz CT molecular complexity index is 2620. The molecule has 52 heavy (non-hydrogen) atoms. The predicted molar refractivity (Wildman–Crippen MR) is 164 cm³/mol. The largest absolute Gasteiger partial charge is 0.455 e. The third-order valence-corrected chi connectivity index (χ3v) is 8.54. The van der Waals surface area contributed by atoms with Crippen molar-refractivity contribution >= 4 is 43.5 Å². The molecule has 0 fully saturated rings. The van der Waals surface area contributed by atoms with Gasteiger partial charge in [0.25, 0.3) is 11.1 Å². The van der Waals surface area contributed by atoms with Crippen molar-refractivity contribution in [2.45, 2.75) is 24.7 Å². The molecule has 17 heteroatoms. The summed E-state index contributed by atoms with van der Waals surface area (Å²) in [4.78, 5) is 32.2. The van der Waals surface area contributed by atoms with E-state index in [1.165, 1.54) is 24.3 Å². The van der Waals surface area contributed by atoms with Crippen LogP contribution in [0.15, 0.2) is 86.8 Å². The summed E-state index contributed by atoms with van der Waals surface area (Å²) in [5.41, 5.74) is -12.6. The van der Waals surface area contributed by atoms with E-state index in [4.69, 9.17) is 9.25 Å². The molecule has 5 nitrogen and oxygen atoms in total. The first kappa shape index (κ1) is 34.7. The molecule has 7 rings (SSSR count). The average molecular weight is 741 g/mol. The number of pyridine rings is 1. The van der Waals surface area contributed by atoms with Gasteiger partial charge in [-0.3, -0.25) is 9.59 Å². The molecule has 268 valence electrons. The molecule has 2 aromatic heterocycles. The fourth-order valence-electron chi connectivity index (χ4n) is 6.34. The number of hydrogen-bond acceptors (Lipinski definition) is 4. The van der Waals surface area contributed by atoms with Crippen LogP contribution in [0.25, 0.3) is 65.7 Å². The molecule has 0 saturated carbocycles. The van der Waals surface area contributed by atoms with Crippen LogP contribution < -0.4 is 16.0 Å². The van der Waals surface area contributed by atoms with Crippen LogP contribution in [0.5, 0.6) is 0 Å². The predicted octanol–water partition coefficient (Wildman–Crippen LogP) is 10.3. The Labute approximate surface area is 280 Å². The van der Waals surface area contributed by atoms with E-state index in [0.717, 1.165) is 19.2 Å². The fraction of sp³-hybridized carbons (Fsp3) is 0.143. The standard InChI is InChI=1S/C35H15F12NO4/c1-51-48-30(49)23-12-21(14-6-16(32(36,37)38)10-17(7-14)33(39,40)41)26-20-4-2-3-5-25(20)52-29-22(13-24(31(48)50)27(23)28(26)29)15-8-18(34(42,43)44)11-19(9-15)35(45,46)47/h2-13H,1H3. The van der Waals surface area contributed by atoms with Crippen molar-refractivity contribution in [1.29, 1.82) is 0 Å². The molecule has 7 aromatic rings. The number of para-hydroxylation sites is 1. The van der Waals surface area contributed by atoms with Gasteiger partial charge in [-0.05, 0) is 71.3 Å². The summed E-state index contributed by atoms with van der Waals surface area (Å²) < 4.78 is 174.